The van der Waals surface area contributed by atoms with Gasteiger partial charge in [-0.25, -0.2) is 0 Å². The lowest BCUT2D eigenvalue weighted by atomic mass is 9.95. The third kappa shape index (κ3) is 4.64. The lowest BCUT2D eigenvalue weighted by Crippen LogP contribution is -2.06. The lowest BCUT2D eigenvalue weighted by molar-refractivity contribution is 0.0992. The Morgan fingerprint density at radius 1 is 1.00 bits per heavy atom. The number of benzene rings is 2. The van der Waals surface area contributed by atoms with Crippen LogP contribution < -0.4 is 0 Å². The third-order valence-corrected chi connectivity index (χ3v) is 4.46. The first-order valence-corrected chi connectivity index (χ1v) is 8.74. The van der Waals surface area contributed by atoms with E-state index in [1.807, 2.05) is 44.3 Å². The minimum atomic E-state index is 0.168. The van der Waals surface area contributed by atoms with Gasteiger partial charge in [0.05, 0.1) is 5.69 Å². The minimum Gasteiger partial charge on any atom is -0.294 e. The molecule has 0 bridgehead atoms. The fourth-order valence-corrected chi connectivity index (χ4v) is 2.69. The maximum absolute atomic E-state index is 12.6. The van der Waals surface area contributed by atoms with Crippen LogP contribution in [0.4, 0.5) is 5.69 Å². The highest BCUT2D eigenvalue weighted by Gasteiger charge is 2.13. The summed E-state index contributed by atoms with van der Waals surface area (Å²) in [6.45, 7) is 8.30. The average Bonchev–Trinajstić information content (AvgIpc) is 2.57. The minimum absolute atomic E-state index is 0.168. The number of carbonyl (C=O) groups is 1. The Morgan fingerprint density at radius 3 is 2.38 bits per heavy atom. The molecule has 2 aromatic rings. The van der Waals surface area contributed by atoms with Gasteiger partial charge >= 0.3 is 0 Å². The Balaban J connectivity index is 2.15. The van der Waals surface area contributed by atoms with Crippen LogP contribution >= 0.6 is 0 Å². The molecule has 0 unspecified atom stereocenters. The molecule has 0 radical (unpaired) electrons. The molecule has 0 N–H and O–H groups in total. The number of rotatable bonds is 7. The summed E-state index contributed by atoms with van der Waals surface area (Å²) in [5, 5.41) is 0. The van der Waals surface area contributed by atoms with E-state index in [9.17, 15) is 4.79 Å². The Kier molecular flexibility index (Phi) is 6.48. The highest BCUT2D eigenvalue weighted by molar-refractivity contribution is 5.99. The second-order valence-corrected chi connectivity index (χ2v) is 6.42. The molecule has 0 spiro atoms. The lowest BCUT2D eigenvalue weighted by Gasteiger charge is -2.10. The molecule has 2 aromatic carbocycles. The van der Waals surface area contributed by atoms with Crippen LogP contribution in [0.25, 0.3) is 0 Å². The fourth-order valence-electron chi connectivity index (χ4n) is 2.69. The van der Waals surface area contributed by atoms with Crippen LogP contribution in [0.2, 0.25) is 0 Å². The van der Waals surface area contributed by atoms with Crippen molar-refractivity contribution < 1.29 is 4.79 Å². The molecule has 24 heavy (non-hydrogen) atoms. The second kappa shape index (κ2) is 8.58. The molecule has 0 aliphatic carbocycles. The van der Waals surface area contributed by atoms with Crippen molar-refractivity contribution in [2.45, 2.75) is 53.4 Å². The summed E-state index contributed by atoms with van der Waals surface area (Å²) >= 11 is 0. The van der Waals surface area contributed by atoms with Gasteiger partial charge in [0.1, 0.15) is 0 Å². The van der Waals surface area contributed by atoms with E-state index >= 15 is 0 Å². The van der Waals surface area contributed by atoms with Crippen molar-refractivity contribution in [2.24, 2.45) is 4.99 Å². The summed E-state index contributed by atoms with van der Waals surface area (Å²) in [5.41, 5.74) is 6.18. The molecule has 0 saturated heterocycles. The van der Waals surface area contributed by atoms with Gasteiger partial charge in [0.2, 0.25) is 0 Å². The van der Waals surface area contributed by atoms with Gasteiger partial charge in [-0.1, -0.05) is 43.2 Å². The van der Waals surface area contributed by atoms with E-state index < -0.39 is 0 Å². The number of aliphatic imine (C=N–C) groups is 1. The highest BCUT2D eigenvalue weighted by atomic mass is 16.1. The van der Waals surface area contributed by atoms with E-state index in [2.05, 4.69) is 31.0 Å². The maximum Gasteiger partial charge on any atom is 0.167 e. The van der Waals surface area contributed by atoms with Crippen molar-refractivity contribution in [3.05, 3.63) is 64.2 Å². The summed E-state index contributed by atoms with van der Waals surface area (Å²) in [6, 6.07) is 12.0. The van der Waals surface area contributed by atoms with Gasteiger partial charge in [0, 0.05) is 18.2 Å². The number of aryl methyl sites for hydroxylation is 1. The van der Waals surface area contributed by atoms with Crippen LogP contribution in [0.5, 0.6) is 0 Å². The first-order valence-electron chi connectivity index (χ1n) is 8.74. The van der Waals surface area contributed by atoms with E-state index in [1.54, 1.807) is 0 Å². The van der Waals surface area contributed by atoms with Crippen molar-refractivity contribution in [3.8, 4) is 0 Å². The number of ketones is 1. The van der Waals surface area contributed by atoms with E-state index in [0.717, 1.165) is 40.8 Å². The Hall–Kier alpha value is -2.22. The van der Waals surface area contributed by atoms with Gasteiger partial charge in [-0.05, 0) is 62.4 Å². The van der Waals surface area contributed by atoms with Crippen LogP contribution in [0, 0.1) is 20.8 Å². The van der Waals surface area contributed by atoms with Gasteiger partial charge in [-0.2, -0.15) is 0 Å². The summed E-state index contributed by atoms with van der Waals surface area (Å²) < 4.78 is 0. The molecule has 126 valence electrons. The van der Waals surface area contributed by atoms with Crippen molar-refractivity contribution in [3.63, 3.8) is 0 Å². The summed E-state index contributed by atoms with van der Waals surface area (Å²) in [6.07, 6.45) is 5.77. The van der Waals surface area contributed by atoms with E-state index in [-0.39, 0.29) is 5.78 Å². The third-order valence-electron chi connectivity index (χ3n) is 4.46. The van der Waals surface area contributed by atoms with E-state index in [4.69, 9.17) is 0 Å². The molecular weight excluding hydrogens is 294 g/mol. The molecule has 0 saturated carbocycles. The summed E-state index contributed by atoms with van der Waals surface area (Å²) in [4.78, 5) is 17.2. The van der Waals surface area contributed by atoms with Gasteiger partial charge < -0.3 is 0 Å². The number of carbonyl (C=O) groups excluding carboxylic acids is 1. The SMILES string of the molecule is CCCCC=Nc1ccc(C(=O)Cc2ccc(C)cc2)c(C)c1C. The monoisotopic (exact) mass is 321 g/mol. The van der Waals surface area contributed by atoms with Crippen molar-refractivity contribution in [2.75, 3.05) is 0 Å². The van der Waals surface area contributed by atoms with Gasteiger partial charge in [0.15, 0.2) is 5.78 Å². The highest BCUT2D eigenvalue weighted by Crippen LogP contribution is 2.25. The standard InChI is InChI=1S/C22H27NO/c1-5-6-7-14-23-21-13-12-20(17(3)18(21)4)22(24)15-19-10-8-16(2)9-11-19/h8-14H,5-7,15H2,1-4H3. The molecule has 0 aliphatic heterocycles. The van der Waals surface area contributed by atoms with Crippen LogP contribution in [-0.4, -0.2) is 12.0 Å². The quantitative estimate of drug-likeness (QED) is 0.353. The number of nitrogens with zero attached hydrogens (tertiary/aromatic N) is 1. The summed E-state index contributed by atoms with van der Waals surface area (Å²) in [5.74, 6) is 0.168. The van der Waals surface area contributed by atoms with Gasteiger partial charge in [-0.3, -0.25) is 9.79 Å². The van der Waals surface area contributed by atoms with E-state index in [0.29, 0.717) is 6.42 Å². The Morgan fingerprint density at radius 2 is 1.71 bits per heavy atom. The molecule has 0 aliphatic rings. The van der Waals surface area contributed by atoms with Crippen molar-refractivity contribution in [1.29, 1.82) is 0 Å². The topological polar surface area (TPSA) is 29.4 Å². The predicted octanol–water partition coefficient (Wildman–Crippen LogP) is 5.93. The molecular formula is C22H27NO. The summed E-state index contributed by atoms with van der Waals surface area (Å²) in [7, 11) is 0. The van der Waals surface area contributed by atoms with Crippen LogP contribution in [-0.2, 0) is 6.42 Å². The zero-order valence-electron chi connectivity index (χ0n) is 15.2. The van der Waals surface area contributed by atoms with Crippen LogP contribution in [0.3, 0.4) is 0 Å². The molecule has 0 fully saturated rings. The van der Waals surface area contributed by atoms with Crippen LogP contribution in [0.1, 0.15) is 58.8 Å². The first kappa shape index (κ1) is 18.1. The second-order valence-electron chi connectivity index (χ2n) is 6.42. The Bertz CT molecular complexity index is 726. The molecule has 2 heteroatoms. The zero-order chi connectivity index (χ0) is 17.5. The Labute approximate surface area is 145 Å². The number of hydrogen-bond acceptors (Lipinski definition) is 2. The molecule has 0 aromatic heterocycles. The molecule has 2 nitrogen and oxygen atoms in total. The number of hydrogen-bond donors (Lipinski definition) is 0. The largest absolute Gasteiger partial charge is 0.294 e. The fraction of sp³-hybridized carbons (Fsp3) is 0.364. The molecule has 0 amide bonds. The van der Waals surface area contributed by atoms with Crippen molar-refractivity contribution in [1.82, 2.24) is 0 Å². The number of unbranched alkanes of at least 4 members (excludes halogenated alkanes) is 2. The molecule has 2 rings (SSSR count). The van der Waals surface area contributed by atoms with Crippen LogP contribution in [0.15, 0.2) is 41.4 Å². The normalized spacial score (nSPS) is 11.2. The zero-order valence-corrected chi connectivity index (χ0v) is 15.2. The number of Topliss-reactive ketones (excluding diaryl/α,β-unsaturated/α-hetero) is 1. The van der Waals surface area contributed by atoms with Gasteiger partial charge in [0.25, 0.3) is 0 Å². The first-order chi connectivity index (χ1) is 11.5. The predicted molar refractivity (Wildman–Crippen MR) is 103 cm³/mol. The maximum atomic E-state index is 12.6. The molecule has 0 heterocycles. The smallest absolute Gasteiger partial charge is 0.167 e. The van der Waals surface area contributed by atoms with E-state index in [1.165, 1.54) is 12.0 Å². The molecule has 0 atom stereocenters. The average molecular weight is 321 g/mol. The van der Waals surface area contributed by atoms with Crippen molar-refractivity contribution >= 4 is 17.7 Å². The van der Waals surface area contributed by atoms with Gasteiger partial charge in [-0.15, -0.1) is 0 Å².